The van der Waals surface area contributed by atoms with Crippen LogP contribution in [0.15, 0.2) is 30.3 Å². The highest BCUT2D eigenvalue weighted by molar-refractivity contribution is 5.67. The number of unbranched alkanes of at least 4 members (excludes halogenated alkanes) is 3. The fourth-order valence-electron chi connectivity index (χ4n) is 2.93. The van der Waals surface area contributed by atoms with Crippen LogP contribution in [0.2, 0.25) is 0 Å². The van der Waals surface area contributed by atoms with E-state index in [1.54, 1.807) is 0 Å². The lowest BCUT2D eigenvalue weighted by atomic mass is 10.1. The summed E-state index contributed by atoms with van der Waals surface area (Å²) in [5.41, 5.74) is 0.531. The third-order valence-electron chi connectivity index (χ3n) is 4.52. The van der Waals surface area contributed by atoms with Crippen LogP contribution in [-0.4, -0.2) is 43.5 Å². The fraction of sp³-hybridized carbons (Fsp3) is 0.667. The maximum absolute atomic E-state index is 11.8. The molecule has 0 spiro atoms. The first-order valence-corrected chi connectivity index (χ1v) is 11.4. The number of alkyl carbamates (subject to hydrolysis) is 2. The quantitative estimate of drug-likeness (QED) is 0.367. The van der Waals surface area contributed by atoms with Crippen LogP contribution in [0.25, 0.3) is 0 Å². The molecule has 7 nitrogen and oxygen atoms in total. The zero-order chi connectivity index (χ0) is 23.0. The summed E-state index contributed by atoms with van der Waals surface area (Å²) in [6.45, 7) is 10.4. The lowest BCUT2D eigenvalue weighted by molar-refractivity contribution is 0.0527. The van der Waals surface area contributed by atoms with Crippen LogP contribution < -0.4 is 16.0 Å². The summed E-state index contributed by atoms with van der Waals surface area (Å²) in [5, 5.41) is 9.10. The van der Waals surface area contributed by atoms with Gasteiger partial charge in [0.1, 0.15) is 12.2 Å². The van der Waals surface area contributed by atoms with E-state index in [1.807, 2.05) is 58.0 Å². The zero-order valence-corrected chi connectivity index (χ0v) is 19.7. The van der Waals surface area contributed by atoms with Gasteiger partial charge in [-0.1, -0.05) is 43.2 Å². The van der Waals surface area contributed by atoms with Gasteiger partial charge in [0.2, 0.25) is 0 Å². The molecule has 0 fully saturated rings. The second-order valence-corrected chi connectivity index (χ2v) is 8.84. The summed E-state index contributed by atoms with van der Waals surface area (Å²) < 4.78 is 10.4. The molecule has 0 bridgehead atoms. The minimum Gasteiger partial charge on any atom is -0.445 e. The van der Waals surface area contributed by atoms with Crippen molar-refractivity contribution in [2.24, 2.45) is 0 Å². The summed E-state index contributed by atoms with van der Waals surface area (Å²) in [4.78, 5) is 23.3. The Bertz CT molecular complexity index is 617. The van der Waals surface area contributed by atoms with E-state index in [1.165, 1.54) is 0 Å². The maximum atomic E-state index is 11.8. The molecule has 0 unspecified atom stereocenters. The molecule has 0 heterocycles. The van der Waals surface area contributed by atoms with E-state index in [0.29, 0.717) is 6.54 Å². The second-order valence-electron chi connectivity index (χ2n) is 8.84. The highest BCUT2D eigenvalue weighted by Gasteiger charge is 2.15. The third-order valence-corrected chi connectivity index (χ3v) is 4.52. The van der Waals surface area contributed by atoms with Gasteiger partial charge in [0.05, 0.1) is 0 Å². The summed E-state index contributed by atoms with van der Waals surface area (Å²) in [5.74, 6) is 0. The topological polar surface area (TPSA) is 88.7 Å². The molecule has 0 aliphatic carbocycles. The van der Waals surface area contributed by atoms with Gasteiger partial charge in [-0.15, -0.1) is 0 Å². The molecule has 31 heavy (non-hydrogen) atoms. The molecule has 7 heteroatoms. The van der Waals surface area contributed by atoms with Crippen molar-refractivity contribution >= 4 is 12.2 Å². The summed E-state index contributed by atoms with van der Waals surface area (Å²) in [6.07, 6.45) is 5.49. The molecule has 3 N–H and O–H groups in total. The van der Waals surface area contributed by atoms with E-state index < -0.39 is 5.60 Å². The van der Waals surface area contributed by atoms with Gasteiger partial charge >= 0.3 is 12.2 Å². The largest absolute Gasteiger partial charge is 0.445 e. The molecule has 0 saturated carbocycles. The Morgan fingerprint density at radius 2 is 1.55 bits per heavy atom. The number of ether oxygens (including phenoxy) is 2. The Labute approximate surface area is 187 Å². The normalized spacial score (nSPS) is 12.1. The molecule has 1 atom stereocenters. The standard InChI is InChI=1S/C24H41N3O4/c1-20(27-23(29)30-19-21-14-8-7-9-15-21)13-12-17-25-16-10-5-6-11-18-26-22(28)31-24(2,3)4/h7-9,14-15,20,25H,5-6,10-13,16-19H2,1-4H3,(H,26,28)(H,27,29)/t20-/m0/s1. The predicted octanol–water partition coefficient (Wildman–Crippen LogP) is 4.76. The highest BCUT2D eigenvalue weighted by atomic mass is 16.6. The van der Waals surface area contributed by atoms with Crippen LogP contribution in [0.1, 0.15) is 71.8 Å². The Morgan fingerprint density at radius 1 is 0.903 bits per heavy atom. The van der Waals surface area contributed by atoms with Crippen molar-refractivity contribution in [2.45, 2.75) is 84.5 Å². The van der Waals surface area contributed by atoms with Crippen LogP contribution >= 0.6 is 0 Å². The molecular formula is C24H41N3O4. The Hall–Kier alpha value is -2.28. The second kappa shape index (κ2) is 15.5. The van der Waals surface area contributed by atoms with E-state index in [9.17, 15) is 9.59 Å². The monoisotopic (exact) mass is 435 g/mol. The maximum Gasteiger partial charge on any atom is 0.407 e. The van der Waals surface area contributed by atoms with Crippen LogP contribution in [0, 0.1) is 0 Å². The fourth-order valence-corrected chi connectivity index (χ4v) is 2.93. The first-order valence-electron chi connectivity index (χ1n) is 11.4. The molecular weight excluding hydrogens is 394 g/mol. The van der Waals surface area contributed by atoms with Gasteiger partial charge in [-0.3, -0.25) is 0 Å². The van der Waals surface area contributed by atoms with Crippen molar-refractivity contribution in [3.63, 3.8) is 0 Å². The van der Waals surface area contributed by atoms with E-state index in [2.05, 4.69) is 16.0 Å². The van der Waals surface area contributed by atoms with Crippen molar-refractivity contribution in [3.05, 3.63) is 35.9 Å². The molecule has 1 aromatic rings. The van der Waals surface area contributed by atoms with Gasteiger partial charge in [0.15, 0.2) is 0 Å². The number of nitrogens with one attached hydrogen (secondary N) is 3. The van der Waals surface area contributed by atoms with Crippen LogP contribution in [0.3, 0.4) is 0 Å². The van der Waals surface area contributed by atoms with Crippen LogP contribution in [0.4, 0.5) is 9.59 Å². The van der Waals surface area contributed by atoms with Gasteiger partial charge in [-0.05, 0) is 72.0 Å². The number of hydrogen-bond acceptors (Lipinski definition) is 5. The zero-order valence-electron chi connectivity index (χ0n) is 19.7. The van der Waals surface area contributed by atoms with Gasteiger partial charge in [0.25, 0.3) is 0 Å². The molecule has 0 aliphatic rings. The van der Waals surface area contributed by atoms with Crippen molar-refractivity contribution in [3.8, 4) is 0 Å². The number of hydrogen-bond donors (Lipinski definition) is 3. The molecule has 0 radical (unpaired) electrons. The molecule has 176 valence electrons. The number of carbonyl (C=O) groups excluding carboxylic acids is 2. The van der Waals surface area contributed by atoms with Crippen molar-refractivity contribution < 1.29 is 19.1 Å². The Kier molecular flexibility index (Phi) is 13.4. The Morgan fingerprint density at radius 3 is 2.23 bits per heavy atom. The highest BCUT2D eigenvalue weighted by Crippen LogP contribution is 2.06. The minimum atomic E-state index is -0.449. The molecule has 0 saturated heterocycles. The number of rotatable bonds is 14. The number of benzene rings is 1. The average Bonchev–Trinajstić information content (AvgIpc) is 2.70. The van der Waals surface area contributed by atoms with Crippen LogP contribution in [-0.2, 0) is 16.1 Å². The molecule has 2 amide bonds. The Balaban J connectivity index is 1.89. The minimum absolute atomic E-state index is 0.0857. The molecule has 0 aromatic heterocycles. The SMILES string of the molecule is C[C@@H](CCCNCCCCCCNC(=O)OC(C)(C)C)NC(=O)OCc1ccccc1. The summed E-state index contributed by atoms with van der Waals surface area (Å²) in [6, 6.07) is 9.74. The van der Waals surface area contributed by atoms with Gasteiger partial charge in [-0.25, -0.2) is 9.59 Å². The summed E-state index contributed by atoms with van der Waals surface area (Å²) >= 11 is 0. The predicted molar refractivity (Wildman–Crippen MR) is 124 cm³/mol. The van der Waals surface area contributed by atoms with E-state index in [4.69, 9.17) is 9.47 Å². The van der Waals surface area contributed by atoms with Gasteiger partial charge < -0.3 is 25.4 Å². The summed E-state index contributed by atoms with van der Waals surface area (Å²) in [7, 11) is 0. The number of amides is 2. The number of carbonyl (C=O) groups is 2. The molecule has 1 rings (SSSR count). The van der Waals surface area contributed by atoms with E-state index in [0.717, 1.165) is 57.2 Å². The van der Waals surface area contributed by atoms with Crippen LogP contribution in [0.5, 0.6) is 0 Å². The van der Waals surface area contributed by atoms with E-state index >= 15 is 0 Å². The molecule has 0 aliphatic heterocycles. The average molecular weight is 436 g/mol. The third kappa shape index (κ3) is 16.1. The van der Waals surface area contributed by atoms with Crippen molar-refractivity contribution in [1.82, 2.24) is 16.0 Å². The van der Waals surface area contributed by atoms with Gasteiger partial charge in [0, 0.05) is 12.6 Å². The lowest BCUT2D eigenvalue weighted by Gasteiger charge is -2.19. The van der Waals surface area contributed by atoms with Crippen molar-refractivity contribution in [1.29, 1.82) is 0 Å². The van der Waals surface area contributed by atoms with Crippen molar-refractivity contribution in [2.75, 3.05) is 19.6 Å². The van der Waals surface area contributed by atoms with Gasteiger partial charge in [-0.2, -0.15) is 0 Å². The smallest absolute Gasteiger partial charge is 0.407 e. The molecule has 1 aromatic carbocycles. The first-order chi connectivity index (χ1) is 14.8. The first kappa shape index (κ1) is 26.8. The lowest BCUT2D eigenvalue weighted by Crippen LogP contribution is -2.33. The van der Waals surface area contributed by atoms with E-state index in [-0.39, 0.29) is 24.8 Å².